The third-order valence-electron chi connectivity index (χ3n) is 6.74. The number of hydrogen-bond donors (Lipinski definition) is 1. The zero-order valence-corrected chi connectivity index (χ0v) is 16.5. The van der Waals surface area contributed by atoms with E-state index in [1.807, 2.05) is 0 Å². The molecular formula is C22H26FNO5. The summed E-state index contributed by atoms with van der Waals surface area (Å²) in [7, 11) is 1.37. The second kappa shape index (κ2) is 7.76. The second-order valence-electron chi connectivity index (χ2n) is 8.81. The summed E-state index contributed by atoms with van der Waals surface area (Å²) in [6, 6.07) is 3.57. The summed E-state index contributed by atoms with van der Waals surface area (Å²) >= 11 is 0. The van der Waals surface area contributed by atoms with Crippen LogP contribution >= 0.6 is 0 Å². The van der Waals surface area contributed by atoms with Crippen molar-refractivity contribution in [3.63, 3.8) is 0 Å². The van der Waals surface area contributed by atoms with Crippen molar-refractivity contribution in [3.8, 4) is 5.75 Å². The van der Waals surface area contributed by atoms with Gasteiger partial charge in [-0.25, -0.2) is 4.39 Å². The summed E-state index contributed by atoms with van der Waals surface area (Å²) in [6.45, 7) is -0.806. The summed E-state index contributed by atoms with van der Waals surface area (Å²) in [5.74, 6) is 0.222. The zero-order chi connectivity index (χ0) is 20.6. The van der Waals surface area contributed by atoms with Crippen molar-refractivity contribution in [2.24, 2.45) is 23.2 Å². The van der Waals surface area contributed by atoms with Crippen LogP contribution in [-0.4, -0.2) is 37.9 Å². The summed E-state index contributed by atoms with van der Waals surface area (Å²) < 4.78 is 23.4. The lowest BCUT2D eigenvalue weighted by atomic mass is 9.49. The van der Waals surface area contributed by atoms with Crippen LogP contribution in [0.4, 0.5) is 4.39 Å². The number of amides is 1. The van der Waals surface area contributed by atoms with Crippen molar-refractivity contribution in [1.29, 1.82) is 0 Å². The number of benzene rings is 1. The summed E-state index contributed by atoms with van der Waals surface area (Å²) in [5.41, 5.74) is -0.322. The largest absolute Gasteiger partial charge is 0.496 e. The number of methoxy groups -OCH3 is 1. The number of halogens is 1. The van der Waals surface area contributed by atoms with E-state index in [1.54, 1.807) is 0 Å². The average molecular weight is 403 g/mol. The molecule has 4 bridgehead atoms. The summed E-state index contributed by atoms with van der Waals surface area (Å²) in [4.78, 5) is 37.1. The number of Topliss-reactive ketones (excluding diaryl/α,β-unsaturated/α-hetero) is 1. The van der Waals surface area contributed by atoms with E-state index < -0.39 is 24.2 Å². The van der Waals surface area contributed by atoms with E-state index in [1.165, 1.54) is 38.5 Å². The first kappa shape index (κ1) is 19.9. The first-order valence-corrected chi connectivity index (χ1v) is 10.2. The van der Waals surface area contributed by atoms with Crippen LogP contribution in [0.3, 0.4) is 0 Å². The molecule has 6 nitrogen and oxygen atoms in total. The zero-order valence-electron chi connectivity index (χ0n) is 16.5. The van der Waals surface area contributed by atoms with E-state index in [9.17, 15) is 18.8 Å². The number of hydrogen-bond acceptors (Lipinski definition) is 5. The molecule has 1 N–H and O–H groups in total. The Bertz CT molecular complexity index is 801. The maximum Gasteiger partial charge on any atom is 0.325 e. The van der Waals surface area contributed by atoms with Gasteiger partial charge < -0.3 is 14.8 Å². The van der Waals surface area contributed by atoms with Crippen molar-refractivity contribution in [1.82, 2.24) is 5.32 Å². The van der Waals surface area contributed by atoms with E-state index in [0.717, 1.165) is 25.3 Å². The van der Waals surface area contributed by atoms with Crippen molar-refractivity contribution >= 4 is 17.7 Å². The monoisotopic (exact) mass is 403 g/mol. The lowest BCUT2D eigenvalue weighted by Crippen LogP contribution is -2.54. The van der Waals surface area contributed by atoms with Gasteiger partial charge in [-0.1, -0.05) is 0 Å². The van der Waals surface area contributed by atoms with Gasteiger partial charge in [0, 0.05) is 5.41 Å². The minimum atomic E-state index is -0.688. The molecule has 0 radical (unpaired) electrons. The summed E-state index contributed by atoms with van der Waals surface area (Å²) in [6.07, 6.45) is 6.45. The van der Waals surface area contributed by atoms with Gasteiger partial charge in [-0.2, -0.15) is 0 Å². The number of rotatable bonds is 7. The van der Waals surface area contributed by atoms with Crippen molar-refractivity contribution in [2.45, 2.75) is 38.5 Å². The Morgan fingerprint density at radius 2 is 1.72 bits per heavy atom. The standard InChI is InChI=1S/C22H26FNO5/c1-28-19-3-2-16(23)7-17(19)18(25)12-29-20(26)11-24-21(27)22-8-13-4-14(9-22)6-15(5-13)10-22/h2-3,7,13-15H,4-6,8-12H2,1H3,(H,24,27). The molecule has 1 aromatic carbocycles. The quantitative estimate of drug-likeness (QED) is 0.559. The lowest BCUT2D eigenvalue weighted by molar-refractivity contribution is -0.150. The molecule has 0 spiro atoms. The highest BCUT2D eigenvalue weighted by Gasteiger charge is 2.54. The van der Waals surface area contributed by atoms with Crippen LogP contribution < -0.4 is 10.1 Å². The first-order valence-electron chi connectivity index (χ1n) is 10.2. The Morgan fingerprint density at radius 3 is 2.31 bits per heavy atom. The predicted molar refractivity (Wildman–Crippen MR) is 102 cm³/mol. The van der Waals surface area contributed by atoms with Gasteiger partial charge >= 0.3 is 5.97 Å². The minimum Gasteiger partial charge on any atom is -0.496 e. The van der Waals surface area contributed by atoms with Gasteiger partial charge in [-0.15, -0.1) is 0 Å². The van der Waals surface area contributed by atoms with Crippen LogP contribution in [0.5, 0.6) is 5.75 Å². The molecule has 0 heterocycles. The molecule has 0 aliphatic heterocycles. The van der Waals surface area contributed by atoms with E-state index in [4.69, 9.17) is 9.47 Å². The highest BCUT2D eigenvalue weighted by Crippen LogP contribution is 2.60. The molecule has 1 amide bonds. The molecule has 4 saturated carbocycles. The highest BCUT2D eigenvalue weighted by molar-refractivity contribution is 6.00. The molecule has 0 aromatic heterocycles. The van der Waals surface area contributed by atoms with Crippen LogP contribution in [-0.2, 0) is 14.3 Å². The van der Waals surface area contributed by atoms with Gasteiger partial charge in [0.1, 0.15) is 18.1 Å². The number of carbonyl (C=O) groups is 3. The minimum absolute atomic E-state index is 0.0119. The SMILES string of the molecule is COc1ccc(F)cc1C(=O)COC(=O)CNC(=O)C12CC3CC(CC(C3)C1)C2. The second-order valence-corrected chi connectivity index (χ2v) is 8.81. The molecule has 0 unspecified atom stereocenters. The van der Waals surface area contributed by atoms with Crippen LogP contribution in [0.2, 0.25) is 0 Å². The fourth-order valence-corrected chi connectivity index (χ4v) is 5.90. The number of ketones is 1. The fraction of sp³-hybridized carbons (Fsp3) is 0.591. The van der Waals surface area contributed by atoms with E-state index in [0.29, 0.717) is 17.8 Å². The van der Waals surface area contributed by atoms with Crippen molar-refractivity contribution in [2.75, 3.05) is 20.3 Å². The van der Waals surface area contributed by atoms with E-state index >= 15 is 0 Å². The third-order valence-corrected chi connectivity index (χ3v) is 6.74. The van der Waals surface area contributed by atoms with Gasteiger partial charge in [-0.05, 0) is 74.5 Å². The number of carbonyl (C=O) groups excluding carboxylic acids is 3. The molecule has 5 rings (SSSR count). The Labute approximate surface area is 169 Å². The molecule has 1 aromatic rings. The molecule has 156 valence electrons. The normalized spacial score (nSPS) is 29.4. The van der Waals surface area contributed by atoms with Crippen LogP contribution in [0.1, 0.15) is 48.9 Å². The molecule has 4 fully saturated rings. The molecule has 7 heteroatoms. The van der Waals surface area contributed by atoms with E-state index in [-0.39, 0.29) is 29.2 Å². The maximum atomic E-state index is 13.4. The highest BCUT2D eigenvalue weighted by atomic mass is 19.1. The van der Waals surface area contributed by atoms with Crippen molar-refractivity contribution in [3.05, 3.63) is 29.6 Å². The fourth-order valence-electron chi connectivity index (χ4n) is 5.90. The smallest absolute Gasteiger partial charge is 0.325 e. The summed E-state index contributed by atoms with van der Waals surface area (Å²) in [5, 5.41) is 2.73. The number of ether oxygens (including phenoxy) is 2. The molecule has 29 heavy (non-hydrogen) atoms. The lowest BCUT2D eigenvalue weighted by Gasteiger charge is -2.55. The van der Waals surface area contributed by atoms with Gasteiger partial charge in [0.15, 0.2) is 6.61 Å². The molecule has 4 aliphatic rings. The van der Waals surface area contributed by atoms with Gasteiger partial charge in [0.2, 0.25) is 11.7 Å². The van der Waals surface area contributed by atoms with Crippen LogP contribution in [0.25, 0.3) is 0 Å². The third kappa shape index (κ3) is 4.00. The van der Waals surface area contributed by atoms with Gasteiger partial charge in [0.25, 0.3) is 0 Å². The van der Waals surface area contributed by atoms with Gasteiger partial charge in [0.05, 0.1) is 12.7 Å². The molecule has 0 atom stereocenters. The topological polar surface area (TPSA) is 81.7 Å². The Balaban J connectivity index is 1.28. The molecular weight excluding hydrogens is 377 g/mol. The Hall–Kier alpha value is -2.44. The Kier molecular flexibility index (Phi) is 5.32. The Morgan fingerprint density at radius 1 is 1.10 bits per heavy atom. The molecule has 0 saturated heterocycles. The van der Waals surface area contributed by atoms with Crippen molar-refractivity contribution < 1.29 is 28.2 Å². The number of nitrogens with one attached hydrogen (secondary N) is 1. The first-order chi connectivity index (χ1) is 13.9. The predicted octanol–water partition coefficient (Wildman–Crippen LogP) is 2.89. The van der Waals surface area contributed by atoms with Crippen LogP contribution in [0.15, 0.2) is 18.2 Å². The average Bonchev–Trinajstić information content (AvgIpc) is 2.69. The van der Waals surface area contributed by atoms with E-state index in [2.05, 4.69) is 5.32 Å². The number of esters is 1. The van der Waals surface area contributed by atoms with Gasteiger partial charge in [-0.3, -0.25) is 14.4 Å². The maximum absolute atomic E-state index is 13.4. The molecule has 4 aliphatic carbocycles. The van der Waals surface area contributed by atoms with Crippen LogP contribution in [0, 0.1) is 29.0 Å².